The molecule has 0 unspecified atom stereocenters. The molecule has 2 heterocycles. The van der Waals surface area contributed by atoms with E-state index in [0.717, 1.165) is 11.4 Å². The summed E-state index contributed by atoms with van der Waals surface area (Å²) in [6.07, 6.45) is 2.45. The molecule has 4 aromatic rings. The molecule has 0 saturated carbocycles. The fourth-order valence-electron chi connectivity index (χ4n) is 4.46. The van der Waals surface area contributed by atoms with Crippen molar-refractivity contribution in [3.8, 4) is 28.5 Å². The number of Topliss-reactive ketones (excluding diaryl/α,β-unsaturated/α-hetero) is 1. The lowest BCUT2D eigenvalue weighted by atomic mass is 9.75. The zero-order valence-electron chi connectivity index (χ0n) is 18.8. The van der Waals surface area contributed by atoms with Crippen LogP contribution in [0.3, 0.4) is 0 Å². The van der Waals surface area contributed by atoms with Crippen LogP contribution in [-0.4, -0.2) is 32.2 Å². The predicted molar refractivity (Wildman–Crippen MR) is 125 cm³/mol. The van der Waals surface area contributed by atoms with Crippen molar-refractivity contribution < 1.29 is 9.53 Å². The molecule has 0 N–H and O–H groups in total. The van der Waals surface area contributed by atoms with Crippen LogP contribution in [0.2, 0.25) is 0 Å². The average Bonchev–Trinajstić information content (AvgIpc) is 3.28. The molecule has 0 amide bonds. The smallest absolute Gasteiger partial charge is 0.266 e. The fraction of sp³-hybridized carbons (Fsp3) is 0.231. The number of pyridine rings is 1. The first-order valence-electron chi connectivity index (χ1n) is 10.8. The summed E-state index contributed by atoms with van der Waals surface area (Å²) in [6.45, 7) is 4.10. The molecule has 2 aromatic carbocycles. The number of benzene rings is 2. The van der Waals surface area contributed by atoms with Crippen molar-refractivity contribution in [1.82, 2.24) is 19.3 Å². The van der Waals surface area contributed by atoms with Crippen molar-refractivity contribution in [3.63, 3.8) is 0 Å². The van der Waals surface area contributed by atoms with E-state index in [-0.39, 0.29) is 16.8 Å². The summed E-state index contributed by atoms with van der Waals surface area (Å²) in [4.78, 5) is 31.5. The van der Waals surface area contributed by atoms with Crippen molar-refractivity contribution in [2.75, 3.05) is 7.11 Å². The summed E-state index contributed by atoms with van der Waals surface area (Å²) < 4.78 is 8.55. The molecule has 0 saturated heterocycles. The van der Waals surface area contributed by atoms with Crippen LogP contribution in [0.1, 0.15) is 36.3 Å². The lowest BCUT2D eigenvalue weighted by molar-refractivity contribution is 0.0909. The maximum absolute atomic E-state index is 13.9. The second-order valence-electron chi connectivity index (χ2n) is 9.03. The molecule has 7 nitrogen and oxygen atoms in total. The highest BCUT2D eigenvalue weighted by molar-refractivity contribution is 5.99. The highest BCUT2D eigenvalue weighted by atomic mass is 16.5. The van der Waals surface area contributed by atoms with E-state index in [1.807, 2.05) is 54.6 Å². The van der Waals surface area contributed by atoms with Gasteiger partial charge in [-0.05, 0) is 54.3 Å². The Balaban J connectivity index is 1.79. The first-order valence-corrected chi connectivity index (χ1v) is 10.8. The van der Waals surface area contributed by atoms with E-state index in [0.29, 0.717) is 41.2 Å². The van der Waals surface area contributed by atoms with Crippen LogP contribution in [0.4, 0.5) is 0 Å². The van der Waals surface area contributed by atoms with Crippen LogP contribution in [0.25, 0.3) is 22.8 Å². The van der Waals surface area contributed by atoms with Crippen LogP contribution >= 0.6 is 0 Å². The van der Waals surface area contributed by atoms with Crippen LogP contribution in [-0.2, 0) is 6.42 Å². The van der Waals surface area contributed by atoms with E-state index >= 15 is 0 Å². The number of carbonyl (C=O) groups is 1. The first-order chi connectivity index (χ1) is 15.9. The van der Waals surface area contributed by atoms with Gasteiger partial charge in [0.05, 0.1) is 18.4 Å². The van der Waals surface area contributed by atoms with E-state index in [4.69, 9.17) is 4.74 Å². The van der Waals surface area contributed by atoms with Crippen LogP contribution in [0.5, 0.6) is 5.75 Å². The van der Waals surface area contributed by atoms with Gasteiger partial charge in [-0.1, -0.05) is 32.0 Å². The third kappa shape index (κ3) is 3.65. The van der Waals surface area contributed by atoms with E-state index < -0.39 is 0 Å². The molecule has 0 radical (unpaired) electrons. The van der Waals surface area contributed by atoms with Gasteiger partial charge in [-0.3, -0.25) is 14.2 Å². The zero-order valence-corrected chi connectivity index (χ0v) is 18.8. The predicted octanol–water partition coefficient (Wildman–Crippen LogP) is 4.25. The number of ketones is 1. The minimum Gasteiger partial charge on any atom is -0.497 e. The van der Waals surface area contributed by atoms with Crippen molar-refractivity contribution in [2.24, 2.45) is 5.41 Å². The Morgan fingerprint density at radius 3 is 2.33 bits per heavy atom. The third-order valence-electron chi connectivity index (χ3n) is 6.01. The number of methoxy groups -OCH3 is 1. The molecule has 0 spiro atoms. The Morgan fingerprint density at radius 2 is 1.64 bits per heavy atom. The Morgan fingerprint density at radius 1 is 0.909 bits per heavy atom. The molecule has 166 valence electrons. The Bertz CT molecular complexity index is 1400. The molecule has 33 heavy (non-hydrogen) atoms. The maximum atomic E-state index is 13.9. The Kier molecular flexibility index (Phi) is 4.96. The number of hydrogen-bond acceptors (Lipinski definition) is 5. The second kappa shape index (κ2) is 7.85. The van der Waals surface area contributed by atoms with Crippen LogP contribution < -0.4 is 10.3 Å². The van der Waals surface area contributed by atoms with Crippen molar-refractivity contribution >= 4 is 5.78 Å². The molecule has 2 aromatic heterocycles. The number of rotatable bonds is 4. The van der Waals surface area contributed by atoms with Crippen LogP contribution in [0.15, 0.2) is 71.8 Å². The minimum atomic E-state index is -0.241. The number of hydrogen-bond donors (Lipinski definition) is 0. The summed E-state index contributed by atoms with van der Waals surface area (Å²) in [5.74, 6) is 1.11. The molecule has 0 fully saturated rings. The number of nitrogens with zero attached hydrogens (tertiary/aromatic N) is 4. The summed E-state index contributed by atoms with van der Waals surface area (Å²) in [5, 5.41) is 4.34. The number of carbonyl (C=O) groups excluding carboxylic acids is 1. The summed E-state index contributed by atoms with van der Waals surface area (Å²) in [6, 6.07) is 18.5. The Hall–Kier alpha value is -4.00. The molecule has 1 aliphatic rings. The first kappa shape index (κ1) is 20.9. The monoisotopic (exact) mass is 440 g/mol. The van der Waals surface area contributed by atoms with E-state index in [9.17, 15) is 9.59 Å². The lowest BCUT2D eigenvalue weighted by Crippen LogP contribution is -2.35. The molecular weight excluding hydrogens is 416 g/mol. The minimum absolute atomic E-state index is 0.0236. The molecule has 0 aliphatic heterocycles. The van der Waals surface area contributed by atoms with Gasteiger partial charge in [0.15, 0.2) is 11.6 Å². The topological polar surface area (TPSA) is 79.0 Å². The molecule has 7 heteroatoms. The summed E-state index contributed by atoms with van der Waals surface area (Å²) in [5.41, 5.74) is 2.59. The maximum Gasteiger partial charge on any atom is 0.266 e. The lowest BCUT2D eigenvalue weighted by Gasteiger charge is -2.32. The van der Waals surface area contributed by atoms with E-state index in [2.05, 4.69) is 23.9 Å². The van der Waals surface area contributed by atoms with Crippen molar-refractivity contribution in [2.45, 2.75) is 26.7 Å². The van der Waals surface area contributed by atoms with Gasteiger partial charge < -0.3 is 4.74 Å². The normalized spacial score (nSPS) is 14.7. The van der Waals surface area contributed by atoms with Crippen molar-refractivity contribution in [3.05, 3.63) is 88.6 Å². The number of fused-ring (bicyclic) bond motifs is 1. The highest BCUT2D eigenvalue weighted by Gasteiger charge is 2.35. The highest BCUT2D eigenvalue weighted by Crippen LogP contribution is 2.36. The van der Waals surface area contributed by atoms with Gasteiger partial charge in [-0.25, -0.2) is 9.67 Å². The van der Waals surface area contributed by atoms with E-state index in [1.54, 1.807) is 22.4 Å². The summed E-state index contributed by atoms with van der Waals surface area (Å²) in [7, 11) is 1.60. The molecule has 0 bridgehead atoms. The average molecular weight is 441 g/mol. The van der Waals surface area contributed by atoms with Gasteiger partial charge in [0.25, 0.3) is 5.56 Å². The van der Waals surface area contributed by atoms with Gasteiger partial charge in [0.1, 0.15) is 12.1 Å². The van der Waals surface area contributed by atoms with Crippen LogP contribution in [0, 0.1) is 5.41 Å². The summed E-state index contributed by atoms with van der Waals surface area (Å²) >= 11 is 0. The molecule has 0 atom stereocenters. The van der Waals surface area contributed by atoms with Crippen molar-refractivity contribution in [1.29, 1.82) is 0 Å². The third-order valence-corrected chi connectivity index (χ3v) is 6.01. The second-order valence-corrected chi connectivity index (χ2v) is 9.03. The quantitative estimate of drug-likeness (QED) is 0.474. The van der Waals surface area contributed by atoms with Gasteiger partial charge in [-0.2, -0.15) is 5.10 Å². The van der Waals surface area contributed by atoms with Gasteiger partial charge in [0.2, 0.25) is 0 Å². The number of aromatic nitrogens is 4. The van der Waals surface area contributed by atoms with E-state index in [1.165, 1.54) is 6.33 Å². The van der Waals surface area contributed by atoms with Gasteiger partial charge in [0, 0.05) is 23.4 Å². The molecular formula is C26H24N4O3. The standard InChI is InChI=1S/C26H24N4O3/c1-26(2)14-22-20(23(31)15-26)13-21(24-27-16-28-30(24)18-7-5-4-6-8-18)25(32)29(22)17-9-11-19(33-3)12-10-17/h4-13,16H,14-15H2,1-3H3. The van der Waals surface area contributed by atoms with Gasteiger partial charge in [-0.15, -0.1) is 0 Å². The number of ether oxygens (including phenoxy) is 1. The fourth-order valence-corrected chi connectivity index (χ4v) is 4.46. The molecule has 5 rings (SSSR count). The largest absolute Gasteiger partial charge is 0.497 e. The van der Waals surface area contributed by atoms with Gasteiger partial charge >= 0.3 is 0 Å². The zero-order chi connectivity index (χ0) is 23.2. The number of para-hydroxylation sites is 1. The molecule has 1 aliphatic carbocycles. The Labute approximate surface area is 191 Å². The SMILES string of the molecule is COc1ccc(-n2c3c(cc(-c4ncnn4-c4ccccc4)c2=O)C(=O)CC(C)(C)C3)cc1.